The van der Waals surface area contributed by atoms with Crippen molar-refractivity contribution in [3.05, 3.63) is 23.3 Å². The molecule has 0 radical (unpaired) electrons. The average molecular weight is 264 g/mol. The Balaban J connectivity index is 2.02. The number of rotatable bonds is 5. The van der Waals surface area contributed by atoms with Gasteiger partial charge in [-0.2, -0.15) is 0 Å². The molecule has 1 saturated heterocycles. The van der Waals surface area contributed by atoms with E-state index in [0.717, 1.165) is 50.6 Å². The van der Waals surface area contributed by atoms with Gasteiger partial charge in [0.2, 0.25) is 0 Å². The van der Waals surface area contributed by atoms with Crippen LogP contribution >= 0.6 is 0 Å². The first-order valence-electron chi connectivity index (χ1n) is 6.89. The zero-order valence-corrected chi connectivity index (χ0v) is 12.2. The van der Waals surface area contributed by atoms with E-state index in [4.69, 9.17) is 9.47 Å². The molecular weight excluding hydrogens is 240 g/mol. The van der Waals surface area contributed by atoms with E-state index in [-0.39, 0.29) is 0 Å². The van der Waals surface area contributed by atoms with Gasteiger partial charge >= 0.3 is 0 Å². The van der Waals surface area contributed by atoms with Crippen molar-refractivity contribution in [3.8, 4) is 11.5 Å². The highest BCUT2D eigenvalue weighted by Gasteiger charge is 2.12. The van der Waals surface area contributed by atoms with Gasteiger partial charge in [-0.15, -0.1) is 0 Å². The third-order valence-electron chi connectivity index (χ3n) is 3.75. The van der Waals surface area contributed by atoms with Crippen LogP contribution in [0.5, 0.6) is 11.5 Å². The minimum Gasteiger partial charge on any atom is -0.493 e. The molecule has 1 N–H and O–H groups in total. The van der Waals surface area contributed by atoms with E-state index in [2.05, 4.69) is 29.3 Å². The van der Waals surface area contributed by atoms with Crippen molar-refractivity contribution in [1.29, 1.82) is 0 Å². The van der Waals surface area contributed by atoms with Gasteiger partial charge < -0.3 is 19.7 Å². The van der Waals surface area contributed by atoms with Crippen LogP contribution in [0.2, 0.25) is 0 Å². The summed E-state index contributed by atoms with van der Waals surface area (Å²) in [5.41, 5.74) is 2.61. The van der Waals surface area contributed by atoms with Crippen LogP contribution in [0.4, 0.5) is 0 Å². The van der Waals surface area contributed by atoms with Gasteiger partial charge in [-0.05, 0) is 36.6 Å². The molecule has 0 spiro atoms. The standard InChI is InChI=1S/C15H24N2O2/c1-12-10-14(18-2)15(19-3)11-13(12)4-7-17-8-5-16-6-9-17/h10-11,16H,4-9H2,1-3H3. The number of nitrogens with zero attached hydrogens (tertiary/aromatic N) is 1. The summed E-state index contributed by atoms with van der Waals surface area (Å²) in [5.74, 6) is 1.63. The Morgan fingerprint density at radius 2 is 1.74 bits per heavy atom. The SMILES string of the molecule is COc1cc(C)c(CCN2CCNCC2)cc1OC. The second-order valence-corrected chi connectivity index (χ2v) is 4.98. The van der Waals surface area contributed by atoms with Crippen LogP contribution in [-0.4, -0.2) is 51.8 Å². The van der Waals surface area contributed by atoms with Crippen molar-refractivity contribution in [2.75, 3.05) is 46.9 Å². The number of benzene rings is 1. The van der Waals surface area contributed by atoms with E-state index >= 15 is 0 Å². The van der Waals surface area contributed by atoms with Gasteiger partial charge in [0.15, 0.2) is 11.5 Å². The Labute approximate surface area is 115 Å². The molecule has 4 heteroatoms. The summed E-state index contributed by atoms with van der Waals surface area (Å²) in [6.45, 7) is 7.74. The second-order valence-electron chi connectivity index (χ2n) is 4.98. The van der Waals surface area contributed by atoms with Crippen LogP contribution in [0, 0.1) is 6.92 Å². The molecule has 19 heavy (non-hydrogen) atoms. The summed E-state index contributed by atoms with van der Waals surface area (Å²) in [5, 5.41) is 3.38. The topological polar surface area (TPSA) is 33.7 Å². The fraction of sp³-hybridized carbons (Fsp3) is 0.600. The van der Waals surface area contributed by atoms with Crippen molar-refractivity contribution in [2.24, 2.45) is 0 Å². The van der Waals surface area contributed by atoms with Gasteiger partial charge in [0.05, 0.1) is 14.2 Å². The summed E-state index contributed by atoms with van der Waals surface area (Å²) < 4.78 is 10.7. The first kappa shape index (κ1) is 14.2. The minimum absolute atomic E-state index is 0.811. The molecule has 1 heterocycles. The quantitative estimate of drug-likeness (QED) is 0.873. The molecule has 0 unspecified atom stereocenters. The zero-order chi connectivity index (χ0) is 13.7. The lowest BCUT2D eigenvalue weighted by Gasteiger charge is -2.27. The van der Waals surface area contributed by atoms with E-state index in [9.17, 15) is 0 Å². The van der Waals surface area contributed by atoms with E-state index in [1.54, 1.807) is 14.2 Å². The van der Waals surface area contributed by atoms with Crippen molar-refractivity contribution in [1.82, 2.24) is 10.2 Å². The van der Waals surface area contributed by atoms with Crippen LogP contribution in [0.3, 0.4) is 0 Å². The number of aryl methyl sites for hydroxylation is 1. The Hall–Kier alpha value is -1.26. The van der Waals surface area contributed by atoms with Crippen molar-refractivity contribution < 1.29 is 9.47 Å². The Kier molecular flexibility index (Phi) is 5.05. The summed E-state index contributed by atoms with van der Waals surface area (Å²) >= 11 is 0. The lowest BCUT2D eigenvalue weighted by molar-refractivity contribution is 0.243. The number of ether oxygens (including phenoxy) is 2. The van der Waals surface area contributed by atoms with Gasteiger partial charge in [0.25, 0.3) is 0 Å². The van der Waals surface area contributed by atoms with Crippen LogP contribution in [0.25, 0.3) is 0 Å². The number of methoxy groups -OCH3 is 2. The highest BCUT2D eigenvalue weighted by molar-refractivity contribution is 5.47. The summed E-state index contributed by atoms with van der Waals surface area (Å²) in [6.07, 6.45) is 1.06. The summed E-state index contributed by atoms with van der Waals surface area (Å²) in [7, 11) is 3.37. The normalized spacial score (nSPS) is 16.4. The maximum Gasteiger partial charge on any atom is 0.161 e. The first-order chi connectivity index (χ1) is 9.24. The number of piperazine rings is 1. The maximum absolute atomic E-state index is 5.38. The van der Waals surface area contributed by atoms with Crippen molar-refractivity contribution in [3.63, 3.8) is 0 Å². The predicted molar refractivity (Wildman–Crippen MR) is 77.3 cm³/mol. The average Bonchev–Trinajstić information content (AvgIpc) is 2.46. The van der Waals surface area contributed by atoms with E-state index < -0.39 is 0 Å². The van der Waals surface area contributed by atoms with Crippen LogP contribution in [0.1, 0.15) is 11.1 Å². The molecule has 0 saturated carbocycles. The van der Waals surface area contributed by atoms with E-state index in [1.807, 2.05) is 0 Å². The number of nitrogens with one attached hydrogen (secondary N) is 1. The van der Waals surface area contributed by atoms with E-state index in [1.165, 1.54) is 11.1 Å². The van der Waals surface area contributed by atoms with Gasteiger partial charge in [-0.1, -0.05) is 0 Å². The van der Waals surface area contributed by atoms with E-state index in [0.29, 0.717) is 0 Å². The van der Waals surface area contributed by atoms with Gasteiger partial charge in [-0.3, -0.25) is 0 Å². The van der Waals surface area contributed by atoms with Crippen LogP contribution in [0.15, 0.2) is 12.1 Å². The molecule has 0 amide bonds. The zero-order valence-electron chi connectivity index (χ0n) is 12.2. The maximum atomic E-state index is 5.38. The number of hydrogen-bond acceptors (Lipinski definition) is 4. The molecule has 1 aromatic carbocycles. The highest BCUT2D eigenvalue weighted by atomic mass is 16.5. The highest BCUT2D eigenvalue weighted by Crippen LogP contribution is 2.30. The molecular formula is C15H24N2O2. The third kappa shape index (κ3) is 3.61. The minimum atomic E-state index is 0.811. The molecule has 2 rings (SSSR count). The van der Waals surface area contributed by atoms with Gasteiger partial charge in [-0.25, -0.2) is 0 Å². The predicted octanol–water partition coefficient (Wildman–Crippen LogP) is 1.46. The molecule has 1 aliphatic rings. The molecule has 0 aliphatic carbocycles. The molecule has 106 valence electrons. The second kappa shape index (κ2) is 6.78. The van der Waals surface area contributed by atoms with Crippen LogP contribution in [-0.2, 0) is 6.42 Å². The monoisotopic (exact) mass is 264 g/mol. The smallest absolute Gasteiger partial charge is 0.161 e. The van der Waals surface area contributed by atoms with Gasteiger partial charge in [0.1, 0.15) is 0 Å². The first-order valence-corrected chi connectivity index (χ1v) is 6.89. The Morgan fingerprint density at radius 1 is 1.11 bits per heavy atom. The summed E-state index contributed by atoms with van der Waals surface area (Å²) in [4.78, 5) is 2.51. The fourth-order valence-corrected chi connectivity index (χ4v) is 2.51. The molecule has 1 aliphatic heterocycles. The van der Waals surface area contributed by atoms with Crippen molar-refractivity contribution >= 4 is 0 Å². The third-order valence-corrected chi connectivity index (χ3v) is 3.75. The summed E-state index contributed by atoms with van der Waals surface area (Å²) in [6, 6.07) is 4.17. The lowest BCUT2D eigenvalue weighted by Crippen LogP contribution is -2.44. The fourth-order valence-electron chi connectivity index (χ4n) is 2.51. The van der Waals surface area contributed by atoms with Crippen molar-refractivity contribution in [2.45, 2.75) is 13.3 Å². The Bertz CT molecular complexity index is 415. The molecule has 4 nitrogen and oxygen atoms in total. The molecule has 0 bridgehead atoms. The Morgan fingerprint density at radius 3 is 2.37 bits per heavy atom. The van der Waals surface area contributed by atoms with Gasteiger partial charge in [0, 0.05) is 32.7 Å². The molecule has 1 aromatic rings. The lowest BCUT2D eigenvalue weighted by atomic mass is 10.0. The number of hydrogen-bond donors (Lipinski definition) is 1. The largest absolute Gasteiger partial charge is 0.493 e. The molecule has 0 atom stereocenters. The molecule has 0 aromatic heterocycles. The van der Waals surface area contributed by atoms with Crippen LogP contribution < -0.4 is 14.8 Å². The molecule has 1 fully saturated rings.